The minimum Gasteiger partial charge on any atom is -0.466 e. The second-order valence-electron chi connectivity index (χ2n) is 21.4. The van der Waals surface area contributed by atoms with Crippen molar-refractivity contribution >= 4 is 11.9 Å². The number of nitrogens with one attached hydrogen (secondary N) is 1. The van der Waals surface area contributed by atoms with E-state index < -0.39 is 12.1 Å². The average Bonchev–Trinajstić information content (AvgIpc) is 3.34. The molecular weight excluding hydrogens is 839 g/mol. The summed E-state index contributed by atoms with van der Waals surface area (Å²) in [6, 6.07) is -0.542. The Morgan fingerprint density at radius 2 is 0.691 bits per heavy atom. The Hall–Kier alpha value is -1.40. The topological polar surface area (TPSA) is 95.9 Å². The molecule has 6 heteroatoms. The highest BCUT2D eigenvalue weighted by Gasteiger charge is 2.20. The van der Waals surface area contributed by atoms with Crippen LogP contribution in [0.4, 0.5) is 0 Å². The summed E-state index contributed by atoms with van der Waals surface area (Å²) >= 11 is 0. The van der Waals surface area contributed by atoms with E-state index >= 15 is 0 Å². The maximum absolute atomic E-state index is 12.5. The number of aliphatic hydroxyl groups excluding tert-OH is 2. The number of ether oxygens (including phenoxy) is 1. The molecule has 2 atom stereocenters. The quantitative estimate of drug-likeness (QED) is 0.0321. The van der Waals surface area contributed by atoms with Crippen LogP contribution in [0.5, 0.6) is 0 Å². The first-order valence-electron chi connectivity index (χ1n) is 30.9. The predicted molar refractivity (Wildman–Crippen MR) is 297 cm³/mol. The summed E-state index contributed by atoms with van der Waals surface area (Å²) in [5.41, 5.74) is 0. The van der Waals surface area contributed by atoms with Crippen molar-refractivity contribution in [3.8, 4) is 0 Å². The van der Waals surface area contributed by atoms with Crippen LogP contribution < -0.4 is 5.32 Å². The van der Waals surface area contributed by atoms with Gasteiger partial charge in [0, 0.05) is 12.8 Å². The van der Waals surface area contributed by atoms with Gasteiger partial charge >= 0.3 is 5.97 Å². The monoisotopic (exact) mass is 960 g/mol. The van der Waals surface area contributed by atoms with Gasteiger partial charge in [-0.25, -0.2) is 0 Å². The van der Waals surface area contributed by atoms with Crippen LogP contribution in [0, 0.1) is 0 Å². The maximum Gasteiger partial charge on any atom is 0.305 e. The summed E-state index contributed by atoms with van der Waals surface area (Å²) in [6.07, 6.45) is 69.3. The van der Waals surface area contributed by atoms with Gasteiger partial charge in [0.1, 0.15) is 0 Å². The lowest BCUT2D eigenvalue weighted by Gasteiger charge is -2.22. The van der Waals surface area contributed by atoms with Gasteiger partial charge in [-0.1, -0.05) is 296 Å². The number of amides is 1. The molecule has 0 aromatic rings. The second-order valence-corrected chi connectivity index (χ2v) is 21.4. The van der Waals surface area contributed by atoms with Gasteiger partial charge in [-0.05, 0) is 51.4 Å². The van der Waals surface area contributed by atoms with E-state index in [0.29, 0.717) is 25.9 Å². The summed E-state index contributed by atoms with van der Waals surface area (Å²) in [4.78, 5) is 24.6. The van der Waals surface area contributed by atoms with E-state index in [0.717, 1.165) is 44.9 Å². The van der Waals surface area contributed by atoms with Crippen molar-refractivity contribution in [2.45, 2.75) is 360 Å². The van der Waals surface area contributed by atoms with E-state index in [-0.39, 0.29) is 18.5 Å². The van der Waals surface area contributed by atoms with Gasteiger partial charge in [-0.2, -0.15) is 0 Å². The van der Waals surface area contributed by atoms with E-state index in [1.165, 1.54) is 270 Å². The summed E-state index contributed by atoms with van der Waals surface area (Å²) in [7, 11) is 0. The first-order chi connectivity index (χ1) is 33.5. The van der Waals surface area contributed by atoms with Crippen molar-refractivity contribution < 1.29 is 24.5 Å². The van der Waals surface area contributed by atoms with Gasteiger partial charge < -0.3 is 20.3 Å². The number of carbonyl (C=O) groups excluding carboxylic acids is 2. The van der Waals surface area contributed by atoms with Crippen LogP contribution >= 0.6 is 0 Å². The highest BCUT2D eigenvalue weighted by molar-refractivity contribution is 5.76. The van der Waals surface area contributed by atoms with Gasteiger partial charge in [-0.3, -0.25) is 9.59 Å². The Labute approximate surface area is 425 Å². The van der Waals surface area contributed by atoms with Gasteiger partial charge in [-0.15, -0.1) is 0 Å². The SMILES string of the molecule is CCCCCCCC/C=C\CCCCCCCCCC(=O)OCCCCCCCCCCCCCCCCCCCCCCC(=O)NC(CO)C(O)CCCCCCCCCCCCCCCC. The lowest BCUT2D eigenvalue weighted by molar-refractivity contribution is -0.143. The van der Waals surface area contributed by atoms with Gasteiger partial charge in [0.05, 0.1) is 25.4 Å². The minimum absolute atomic E-state index is 0.00804. The van der Waals surface area contributed by atoms with Crippen molar-refractivity contribution in [2.24, 2.45) is 0 Å². The molecule has 0 saturated carbocycles. The molecule has 0 aliphatic carbocycles. The molecule has 0 radical (unpaired) electrons. The lowest BCUT2D eigenvalue weighted by Crippen LogP contribution is -2.45. The maximum atomic E-state index is 12.5. The third-order valence-corrected chi connectivity index (χ3v) is 14.6. The minimum atomic E-state index is -0.664. The molecule has 6 nitrogen and oxygen atoms in total. The Balaban J connectivity index is 3.37. The third kappa shape index (κ3) is 53.9. The number of carbonyl (C=O) groups is 2. The number of hydrogen-bond acceptors (Lipinski definition) is 5. The first-order valence-corrected chi connectivity index (χ1v) is 30.9. The van der Waals surface area contributed by atoms with Crippen LogP contribution in [-0.2, 0) is 14.3 Å². The number of hydrogen-bond donors (Lipinski definition) is 3. The van der Waals surface area contributed by atoms with Crippen molar-refractivity contribution in [3.05, 3.63) is 12.2 Å². The molecule has 0 aliphatic rings. The molecule has 0 rings (SSSR count). The normalized spacial score (nSPS) is 12.6. The smallest absolute Gasteiger partial charge is 0.305 e. The largest absolute Gasteiger partial charge is 0.466 e. The second kappa shape index (κ2) is 58.2. The van der Waals surface area contributed by atoms with E-state index in [4.69, 9.17) is 4.74 Å². The van der Waals surface area contributed by atoms with Crippen molar-refractivity contribution in [1.82, 2.24) is 5.32 Å². The van der Waals surface area contributed by atoms with Crippen molar-refractivity contribution in [3.63, 3.8) is 0 Å². The standard InChI is InChI=1S/C62H121NO5/c1-3-5-7-9-11-13-15-17-19-24-28-32-36-40-44-48-52-56-62(67)68-57-53-49-45-41-37-33-29-26-23-21-20-22-25-27-31-35-39-43-47-51-55-61(66)63-59(58-64)60(65)54-50-46-42-38-34-30-18-16-14-12-10-8-6-4-2/h17,19,59-60,64-65H,3-16,18,20-58H2,1-2H3,(H,63,66)/b19-17-. The number of aliphatic hydroxyl groups is 2. The Morgan fingerprint density at radius 3 is 1.04 bits per heavy atom. The molecule has 0 saturated heterocycles. The van der Waals surface area contributed by atoms with Gasteiger partial charge in [0.2, 0.25) is 5.91 Å². The zero-order valence-electron chi connectivity index (χ0n) is 46.1. The number of allylic oxidation sites excluding steroid dienone is 2. The highest BCUT2D eigenvalue weighted by Crippen LogP contribution is 2.18. The molecule has 0 aromatic heterocycles. The molecule has 1 amide bonds. The molecular formula is C62H121NO5. The van der Waals surface area contributed by atoms with Crippen LogP contribution in [0.2, 0.25) is 0 Å². The molecule has 404 valence electrons. The molecule has 0 fully saturated rings. The molecule has 0 aromatic carbocycles. The van der Waals surface area contributed by atoms with Crippen molar-refractivity contribution in [1.29, 1.82) is 0 Å². The lowest BCUT2D eigenvalue weighted by atomic mass is 10.0. The first kappa shape index (κ1) is 66.6. The van der Waals surface area contributed by atoms with Crippen LogP contribution in [0.1, 0.15) is 348 Å². The molecule has 2 unspecified atom stereocenters. The number of unbranched alkanes of at least 4 members (excludes halogenated alkanes) is 45. The molecule has 3 N–H and O–H groups in total. The summed E-state index contributed by atoms with van der Waals surface area (Å²) in [5.74, 6) is -0.0268. The molecule has 0 heterocycles. The summed E-state index contributed by atoms with van der Waals surface area (Å²) < 4.78 is 5.49. The van der Waals surface area contributed by atoms with Gasteiger partial charge in [0.15, 0.2) is 0 Å². The third-order valence-electron chi connectivity index (χ3n) is 14.6. The molecule has 68 heavy (non-hydrogen) atoms. The number of rotatable bonds is 58. The van der Waals surface area contributed by atoms with Crippen LogP contribution in [-0.4, -0.2) is 47.4 Å². The molecule has 0 bridgehead atoms. The summed E-state index contributed by atoms with van der Waals surface area (Å²) in [6.45, 7) is 4.97. The fourth-order valence-electron chi connectivity index (χ4n) is 9.81. The average molecular weight is 961 g/mol. The van der Waals surface area contributed by atoms with E-state index in [2.05, 4.69) is 31.3 Å². The Morgan fingerprint density at radius 1 is 0.397 bits per heavy atom. The van der Waals surface area contributed by atoms with Crippen LogP contribution in [0.15, 0.2) is 12.2 Å². The summed E-state index contributed by atoms with van der Waals surface area (Å²) in [5, 5.41) is 23.3. The highest BCUT2D eigenvalue weighted by atomic mass is 16.5. The zero-order chi connectivity index (χ0) is 49.3. The van der Waals surface area contributed by atoms with Crippen molar-refractivity contribution in [2.75, 3.05) is 13.2 Å². The van der Waals surface area contributed by atoms with Gasteiger partial charge in [0.25, 0.3) is 0 Å². The predicted octanol–water partition coefficient (Wildman–Crippen LogP) is 19.2. The van der Waals surface area contributed by atoms with E-state index in [1.807, 2.05) is 0 Å². The van der Waals surface area contributed by atoms with Crippen LogP contribution in [0.3, 0.4) is 0 Å². The Kier molecular flexibility index (Phi) is 57.0. The van der Waals surface area contributed by atoms with Crippen LogP contribution in [0.25, 0.3) is 0 Å². The molecule has 0 spiro atoms. The number of esters is 1. The molecule has 0 aliphatic heterocycles. The van der Waals surface area contributed by atoms with E-state index in [1.54, 1.807) is 0 Å². The zero-order valence-corrected chi connectivity index (χ0v) is 46.1. The van der Waals surface area contributed by atoms with E-state index in [9.17, 15) is 19.8 Å². The fourth-order valence-corrected chi connectivity index (χ4v) is 9.81. The fraction of sp³-hybridized carbons (Fsp3) is 0.935. The Bertz CT molecular complexity index is 1020.